The van der Waals surface area contributed by atoms with Crippen molar-refractivity contribution < 1.29 is 4.79 Å². The molecule has 2 rings (SSSR count). The van der Waals surface area contributed by atoms with Gasteiger partial charge in [-0.2, -0.15) is 0 Å². The molecule has 0 spiro atoms. The quantitative estimate of drug-likeness (QED) is 0.912. The number of hydrogen-bond donors (Lipinski definition) is 1. The van der Waals surface area contributed by atoms with Gasteiger partial charge in [-0.05, 0) is 50.4 Å². The first kappa shape index (κ1) is 14.6. The molecule has 1 aliphatic heterocycles. The van der Waals surface area contributed by atoms with Gasteiger partial charge in [0, 0.05) is 17.6 Å². The molecule has 0 radical (unpaired) electrons. The van der Waals surface area contributed by atoms with Crippen LogP contribution in [0.15, 0.2) is 18.2 Å². The SMILES string of the molecule is CC1CCC(CN)CN1C(=O)c1ccc(Cl)cc1Cl. The van der Waals surface area contributed by atoms with Gasteiger partial charge in [0.2, 0.25) is 0 Å². The van der Waals surface area contributed by atoms with Gasteiger partial charge in [-0.1, -0.05) is 23.2 Å². The average molecular weight is 301 g/mol. The van der Waals surface area contributed by atoms with Crippen LogP contribution >= 0.6 is 23.2 Å². The number of hydrogen-bond acceptors (Lipinski definition) is 2. The van der Waals surface area contributed by atoms with Crippen LogP contribution in [0.5, 0.6) is 0 Å². The summed E-state index contributed by atoms with van der Waals surface area (Å²) in [4.78, 5) is 14.4. The highest BCUT2D eigenvalue weighted by atomic mass is 35.5. The molecule has 5 heteroatoms. The Hall–Kier alpha value is -0.770. The predicted molar refractivity (Wildman–Crippen MR) is 78.7 cm³/mol. The Labute approximate surface area is 123 Å². The number of nitrogens with zero attached hydrogens (tertiary/aromatic N) is 1. The summed E-state index contributed by atoms with van der Waals surface area (Å²) in [5.74, 6) is 0.346. The van der Waals surface area contributed by atoms with Crippen molar-refractivity contribution in [3.05, 3.63) is 33.8 Å². The van der Waals surface area contributed by atoms with Gasteiger partial charge < -0.3 is 10.6 Å². The van der Waals surface area contributed by atoms with Crippen LogP contribution in [0.4, 0.5) is 0 Å². The van der Waals surface area contributed by atoms with Gasteiger partial charge in [-0.3, -0.25) is 4.79 Å². The maximum atomic E-state index is 12.6. The standard InChI is InChI=1S/C14H18Cl2N2O/c1-9-2-3-10(7-17)8-18(9)14(19)12-5-4-11(15)6-13(12)16/h4-6,9-10H,2-3,7-8,17H2,1H3. The van der Waals surface area contributed by atoms with Crippen LogP contribution in [0.25, 0.3) is 0 Å². The maximum Gasteiger partial charge on any atom is 0.255 e. The molecule has 19 heavy (non-hydrogen) atoms. The Morgan fingerprint density at radius 3 is 2.79 bits per heavy atom. The van der Waals surface area contributed by atoms with Gasteiger partial charge in [-0.15, -0.1) is 0 Å². The number of benzene rings is 1. The Kier molecular flexibility index (Phi) is 4.71. The van der Waals surface area contributed by atoms with Crippen molar-refractivity contribution >= 4 is 29.1 Å². The van der Waals surface area contributed by atoms with Gasteiger partial charge >= 0.3 is 0 Å². The van der Waals surface area contributed by atoms with E-state index in [-0.39, 0.29) is 11.9 Å². The Balaban J connectivity index is 2.22. The predicted octanol–water partition coefficient (Wildman–Crippen LogP) is 3.19. The van der Waals surface area contributed by atoms with Crippen molar-refractivity contribution in [2.24, 2.45) is 11.7 Å². The van der Waals surface area contributed by atoms with Crippen molar-refractivity contribution in [2.75, 3.05) is 13.1 Å². The van der Waals surface area contributed by atoms with Crippen LogP contribution in [-0.4, -0.2) is 29.9 Å². The molecule has 1 amide bonds. The summed E-state index contributed by atoms with van der Waals surface area (Å²) in [6, 6.07) is 5.20. The maximum absolute atomic E-state index is 12.6. The second-order valence-electron chi connectivity index (χ2n) is 5.11. The van der Waals surface area contributed by atoms with Crippen molar-refractivity contribution in [3.63, 3.8) is 0 Å². The second-order valence-corrected chi connectivity index (χ2v) is 5.95. The normalized spacial score (nSPS) is 23.5. The van der Waals surface area contributed by atoms with Gasteiger partial charge in [-0.25, -0.2) is 0 Å². The molecule has 1 heterocycles. The van der Waals surface area contributed by atoms with Crippen molar-refractivity contribution in [1.82, 2.24) is 4.90 Å². The van der Waals surface area contributed by atoms with E-state index in [9.17, 15) is 4.79 Å². The minimum Gasteiger partial charge on any atom is -0.336 e. The molecule has 2 N–H and O–H groups in total. The summed E-state index contributed by atoms with van der Waals surface area (Å²) >= 11 is 12.0. The fourth-order valence-electron chi connectivity index (χ4n) is 2.48. The van der Waals surface area contributed by atoms with E-state index in [1.165, 1.54) is 0 Å². The molecule has 2 unspecified atom stereocenters. The monoisotopic (exact) mass is 300 g/mol. The number of piperidine rings is 1. The molecular formula is C14H18Cl2N2O. The van der Waals surface area contributed by atoms with Crippen molar-refractivity contribution in [2.45, 2.75) is 25.8 Å². The number of halogens is 2. The summed E-state index contributed by atoms with van der Waals surface area (Å²) in [5, 5.41) is 0.938. The lowest BCUT2D eigenvalue weighted by molar-refractivity contribution is 0.0567. The zero-order chi connectivity index (χ0) is 14.0. The van der Waals surface area contributed by atoms with E-state index in [0.29, 0.717) is 34.6 Å². The smallest absolute Gasteiger partial charge is 0.255 e. The van der Waals surface area contributed by atoms with Gasteiger partial charge in [0.1, 0.15) is 0 Å². The molecule has 1 fully saturated rings. The minimum absolute atomic E-state index is 0.0349. The summed E-state index contributed by atoms with van der Waals surface area (Å²) in [7, 11) is 0. The van der Waals surface area contributed by atoms with E-state index in [4.69, 9.17) is 28.9 Å². The number of nitrogens with two attached hydrogens (primary N) is 1. The van der Waals surface area contributed by atoms with E-state index < -0.39 is 0 Å². The highest BCUT2D eigenvalue weighted by Crippen LogP contribution is 2.27. The number of rotatable bonds is 2. The lowest BCUT2D eigenvalue weighted by Gasteiger charge is -2.37. The Morgan fingerprint density at radius 1 is 1.42 bits per heavy atom. The molecule has 1 saturated heterocycles. The Morgan fingerprint density at radius 2 is 2.16 bits per heavy atom. The topological polar surface area (TPSA) is 46.3 Å². The molecule has 1 aliphatic rings. The third kappa shape index (κ3) is 3.22. The fraction of sp³-hybridized carbons (Fsp3) is 0.500. The lowest BCUT2D eigenvalue weighted by Crippen LogP contribution is -2.47. The number of carbonyl (C=O) groups excluding carboxylic acids is 1. The summed E-state index contributed by atoms with van der Waals surface area (Å²) < 4.78 is 0. The molecular weight excluding hydrogens is 283 g/mol. The molecule has 1 aromatic carbocycles. The molecule has 0 aliphatic carbocycles. The first-order valence-electron chi connectivity index (χ1n) is 6.49. The van der Waals surface area contributed by atoms with Crippen LogP contribution in [0, 0.1) is 5.92 Å². The number of carbonyl (C=O) groups is 1. The lowest BCUT2D eigenvalue weighted by atomic mass is 9.93. The average Bonchev–Trinajstić information content (AvgIpc) is 2.38. The van der Waals surface area contributed by atoms with Crippen LogP contribution in [0.3, 0.4) is 0 Å². The van der Waals surface area contributed by atoms with E-state index in [2.05, 4.69) is 6.92 Å². The van der Waals surface area contributed by atoms with Gasteiger partial charge in [0.15, 0.2) is 0 Å². The number of amides is 1. The third-order valence-corrected chi connectivity index (χ3v) is 4.28. The minimum atomic E-state index is -0.0349. The Bertz CT molecular complexity index is 479. The van der Waals surface area contributed by atoms with Crippen LogP contribution in [-0.2, 0) is 0 Å². The number of likely N-dealkylation sites (tertiary alicyclic amines) is 1. The summed E-state index contributed by atoms with van der Waals surface area (Å²) in [5.41, 5.74) is 6.23. The van der Waals surface area contributed by atoms with Gasteiger partial charge in [0.25, 0.3) is 5.91 Å². The molecule has 104 valence electrons. The second kappa shape index (κ2) is 6.12. The highest BCUT2D eigenvalue weighted by Gasteiger charge is 2.29. The van der Waals surface area contributed by atoms with Crippen molar-refractivity contribution in [3.8, 4) is 0 Å². The molecule has 0 bridgehead atoms. The summed E-state index contributed by atoms with van der Waals surface area (Å²) in [6.45, 7) is 3.38. The fourth-order valence-corrected chi connectivity index (χ4v) is 2.96. The third-order valence-electron chi connectivity index (χ3n) is 3.74. The zero-order valence-electron chi connectivity index (χ0n) is 10.9. The molecule has 2 atom stereocenters. The van der Waals surface area contributed by atoms with Crippen LogP contribution < -0.4 is 5.73 Å². The van der Waals surface area contributed by atoms with Crippen molar-refractivity contribution in [1.29, 1.82) is 0 Å². The van der Waals surface area contributed by atoms with E-state index in [1.807, 2.05) is 4.90 Å². The molecule has 3 nitrogen and oxygen atoms in total. The largest absolute Gasteiger partial charge is 0.336 e. The van der Waals surface area contributed by atoms with Crippen LogP contribution in [0.2, 0.25) is 10.0 Å². The van der Waals surface area contributed by atoms with E-state index >= 15 is 0 Å². The first-order chi connectivity index (χ1) is 9.02. The molecule has 0 saturated carbocycles. The summed E-state index contributed by atoms with van der Waals surface area (Å²) in [6.07, 6.45) is 2.06. The molecule has 1 aromatic rings. The van der Waals surface area contributed by atoms with Crippen LogP contribution in [0.1, 0.15) is 30.1 Å². The van der Waals surface area contributed by atoms with E-state index in [0.717, 1.165) is 12.8 Å². The molecule has 0 aromatic heterocycles. The first-order valence-corrected chi connectivity index (χ1v) is 7.24. The van der Waals surface area contributed by atoms with Gasteiger partial charge in [0.05, 0.1) is 10.6 Å². The van der Waals surface area contributed by atoms with E-state index in [1.54, 1.807) is 18.2 Å². The zero-order valence-corrected chi connectivity index (χ0v) is 12.4. The highest BCUT2D eigenvalue weighted by molar-refractivity contribution is 6.36.